The van der Waals surface area contributed by atoms with E-state index < -0.39 is 0 Å². The molecule has 2 heteroatoms. The van der Waals surface area contributed by atoms with Crippen molar-refractivity contribution in [1.29, 1.82) is 0 Å². The lowest BCUT2D eigenvalue weighted by molar-refractivity contribution is 0.597. The largest absolute Gasteiger partial charge is 0.306 e. The van der Waals surface area contributed by atoms with Gasteiger partial charge in [-0.05, 0) is 41.6 Å². The number of rotatable bonds is 6. The second-order valence-electron chi connectivity index (χ2n) is 5.49. The summed E-state index contributed by atoms with van der Waals surface area (Å²) < 4.78 is 0. The summed E-state index contributed by atoms with van der Waals surface area (Å²) in [4.78, 5) is 4.24. The molecule has 0 aliphatic heterocycles. The number of pyridine rings is 1. The lowest BCUT2D eigenvalue weighted by Crippen LogP contribution is -2.23. The molecule has 0 spiro atoms. The highest BCUT2D eigenvalue weighted by Gasteiger charge is 2.13. The van der Waals surface area contributed by atoms with Crippen molar-refractivity contribution in [1.82, 2.24) is 10.3 Å². The van der Waals surface area contributed by atoms with Crippen molar-refractivity contribution in [3.05, 3.63) is 65.5 Å². The predicted molar refractivity (Wildman–Crippen MR) is 84.9 cm³/mol. The lowest BCUT2D eigenvalue weighted by atomic mass is 9.96. The van der Waals surface area contributed by atoms with E-state index in [0.717, 1.165) is 13.0 Å². The van der Waals surface area contributed by atoms with Gasteiger partial charge in [0.25, 0.3) is 0 Å². The topological polar surface area (TPSA) is 24.9 Å². The first-order valence-electron chi connectivity index (χ1n) is 7.45. The molecular formula is C18H24N2. The van der Waals surface area contributed by atoms with Crippen LogP contribution in [-0.4, -0.2) is 11.5 Å². The van der Waals surface area contributed by atoms with Gasteiger partial charge in [0, 0.05) is 12.4 Å². The quantitative estimate of drug-likeness (QED) is 0.845. The zero-order valence-corrected chi connectivity index (χ0v) is 12.6. The number of nitrogens with zero attached hydrogens (tertiary/aromatic N) is 1. The first-order chi connectivity index (χ1) is 9.72. The number of nitrogens with one attached hydrogen (secondary N) is 1. The van der Waals surface area contributed by atoms with Gasteiger partial charge in [-0.25, -0.2) is 0 Å². The maximum atomic E-state index is 4.24. The van der Waals surface area contributed by atoms with Crippen LogP contribution in [0.15, 0.2) is 48.8 Å². The monoisotopic (exact) mass is 268 g/mol. The first kappa shape index (κ1) is 14.7. The van der Waals surface area contributed by atoms with Gasteiger partial charge in [-0.2, -0.15) is 0 Å². The van der Waals surface area contributed by atoms with Crippen LogP contribution in [0, 0.1) is 0 Å². The van der Waals surface area contributed by atoms with Crippen LogP contribution < -0.4 is 5.32 Å². The van der Waals surface area contributed by atoms with Crippen LogP contribution in [0.1, 0.15) is 55.8 Å². The molecule has 20 heavy (non-hydrogen) atoms. The fourth-order valence-corrected chi connectivity index (χ4v) is 2.34. The number of hydrogen-bond donors (Lipinski definition) is 1. The molecule has 1 heterocycles. The average molecular weight is 268 g/mol. The molecule has 0 saturated heterocycles. The van der Waals surface area contributed by atoms with E-state index >= 15 is 0 Å². The Balaban J connectivity index is 2.26. The van der Waals surface area contributed by atoms with E-state index in [2.05, 4.69) is 61.4 Å². The molecule has 2 rings (SSSR count). The molecule has 2 aromatic rings. The highest BCUT2D eigenvalue weighted by Crippen LogP contribution is 2.23. The Kier molecular flexibility index (Phi) is 5.31. The third-order valence-corrected chi connectivity index (χ3v) is 3.55. The molecule has 1 N–H and O–H groups in total. The van der Waals surface area contributed by atoms with Gasteiger partial charge < -0.3 is 5.32 Å². The smallest absolute Gasteiger partial charge is 0.0591 e. The number of hydrogen-bond acceptors (Lipinski definition) is 2. The Morgan fingerprint density at radius 1 is 1.00 bits per heavy atom. The number of benzene rings is 1. The van der Waals surface area contributed by atoms with Crippen molar-refractivity contribution in [3.8, 4) is 0 Å². The molecule has 0 aliphatic carbocycles. The van der Waals surface area contributed by atoms with Gasteiger partial charge >= 0.3 is 0 Å². The summed E-state index contributed by atoms with van der Waals surface area (Å²) in [6.45, 7) is 7.65. The molecule has 2 nitrogen and oxygen atoms in total. The lowest BCUT2D eigenvalue weighted by Gasteiger charge is -2.20. The molecule has 0 bridgehead atoms. The van der Waals surface area contributed by atoms with E-state index in [4.69, 9.17) is 0 Å². The fraction of sp³-hybridized carbons (Fsp3) is 0.389. The van der Waals surface area contributed by atoms with Gasteiger partial charge in [0.15, 0.2) is 0 Å². The molecule has 106 valence electrons. The van der Waals surface area contributed by atoms with Crippen molar-refractivity contribution in [2.24, 2.45) is 0 Å². The molecule has 1 aromatic carbocycles. The summed E-state index contributed by atoms with van der Waals surface area (Å²) >= 11 is 0. The second kappa shape index (κ2) is 7.20. The summed E-state index contributed by atoms with van der Waals surface area (Å²) in [7, 11) is 0. The van der Waals surface area contributed by atoms with Crippen molar-refractivity contribution in [2.75, 3.05) is 6.54 Å². The minimum Gasteiger partial charge on any atom is -0.306 e. The third-order valence-electron chi connectivity index (χ3n) is 3.55. The Morgan fingerprint density at radius 3 is 2.25 bits per heavy atom. The van der Waals surface area contributed by atoms with Crippen molar-refractivity contribution >= 4 is 0 Å². The van der Waals surface area contributed by atoms with E-state index in [-0.39, 0.29) is 6.04 Å². The third kappa shape index (κ3) is 3.67. The van der Waals surface area contributed by atoms with Crippen molar-refractivity contribution < 1.29 is 0 Å². The predicted octanol–water partition coefficient (Wildman–Crippen LogP) is 4.29. The summed E-state index contributed by atoms with van der Waals surface area (Å²) in [6.07, 6.45) is 4.90. The Hall–Kier alpha value is -1.67. The maximum absolute atomic E-state index is 4.24. The van der Waals surface area contributed by atoms with Crippen LogP contribution in [0.3, 0.4) is 0 Å². The van der Waals surface area contributed by atoms with Crippen LogP contribution in [0.25, 0.3) is 0 Å². The molecule has 1 unspecified atom stereocenters. The molecule has 1 aromatic heterocycles. The van der Waals surface area contributed by atoms with Crippen molar-refractivity contribution in [2.45, 2.75) is 39.2 Å². The van der Waals surface area contributed by atoms with E-state index in [1.165, 1.54) is 16.7 Å². The zero-order chi connectivity index (χ0) is 14.4. The summed E-state index contributed by atoms with van der Waals surface area (Å²) in [6, 6.07) is 13.3. The van der Waals surface area contributed by atoms with Gasteiger partial charge in [0.05, 0.1) is 6.04 Å². The van der Waals surface area contributed by atoms with Crippen LogP contribution >= 0.6 is 0 Å². The van der Waals surface area contributed by atoms with Crippen molar-refractivity contribution in [3.63, 3.8) is 0 Å². The molecule has 0 fully saturated rings. The van der Waals surface area contributed by atoms with Gasteiger partial charge in [0.2, 0.25) is 0 Å². The highest BCUT2D eigenvalue weighted by molar-refractivity contribution is 5.33. The van der Waals surface area contributed by atoms with Crippen LogP contribution in [0.4, 0.5) is 0 Å². The minimum absolute atomic E-state index is 0.227. The first-order valence-corrected chi connectivity index (χ1v) is 7.45. The number of aromatic nitrogens is 1. The standard InChI is InChI=1S/C18H24N2/c1-4-11-20-18(17-6-5-12-19-13-17)16-9-7-15(8-10-16)14(2)3/h5-10,12-14,18,20H,4,11H2,1-3H3. The summed E-state index contributed by atoms with van der Waals surface area (Å²) in [5.41, 5.74) is 3.91. The molecule has 0 aliphatic rings. The Morgan fingerprint density at radius 2 is 1.70 bits per heavy atom. The van der Waals surface area contributed by atoms with E-state index in [1.54, 1.807) is 0 Å². The molecule has 0 amide bonds. The highest BCUT2D eigenvalue weighted by atomic mass is 14.9. The summed E-state index contributed by atoms with van der Waals surface area (Å²) in [5.74, 6) is 0.574. The van der Waals surface area contributed by atoms with Gasteiger partial charge in [0.1, 0.15) is 0 Å². The van der Waals surface area contributed by atoms with Gasteiger partial charge in [-0.1, -0.05) is 51.1 Å². The molecule has 1 atom stereocenters. The summed E-state index contributed by atoms with van der Waals surface area (Å²) in [5, 5.41) is 3.61. The minimum atomic E-state index is 0.227. The van der Waals surface area contributed by atoms with E-state index in [9.17, 15) is 0 Å². The fourth-order valence-electron chi connectivity index (χ4n) is 2.34. The maximum Gasteiger partial charge on any atom is 0.0591 e. The average Bonchev–Trinajstić information content (AvgIpc) is 2.49. The SMILES string of the molecule is CCCNC(c1ccc(C(C)C)cc1)c1cccnc1. The van der Waals surface area contributed by atoms with Crippen LogP contribution in [-0.2, 0) is 0 Å². The normalized spacial score (nSPS) is 12.6. The van der Waals surface area contributed by atoms with Gasteiger partial charge in [-0.15, -0.1) is 0 Å². The van der Waals surface area contributed by atoms with E-state index in [0.29, 0.717) is 5.92 Å². The second-order valence-corrected chi connectivity index (χ2v) is 5.49. The Labute approximate surface area is 122 Å². The molecular weight excluding hydrogens is 244 g/mol. The van der Waals surface area contributed by atoms with Crippen LogP contribution in [0.5, 0.6) is 0 Å². The molecule has 0 saturated carbocycles. The van der Waals surface area contributed by atoms with Gasteiger partial charge in [-0.3, -0.25) is 4.98 Å². The van der Waals surface area contributed by atoms with E-state index in [1.807, 2.05) is 18.5 Å². The zero-order valence-electron chi connectivity index (χ0n) is 12.6. The Bertz CT molecular complexity index is 503. The van der Waals surface area contributed by atoms with Crippen LogP contribution in [0.2, 0.25) is 0 Å². The molecule has 0 radical (unpaired) electrons.